The predicted molar refractivity (Wildman–Crippen MR) is 161 cm³/mol. The Kier molecular flexibility index (Phi) is 8.38. The van der Waals surface area contributed by atoms with Gasteiger partial charge in [0.1, 0.15) is 11.5 Å². The molecule has 0 bridgehead atoms. The van der Waals surface area contributed by atoms with Crippen LogP contribution in [-0.4, -0.2) is 35.8 Å². The van der Waals surface area contributed by atoms with Gasteiger partial charge in [-0.15, -0.1) is 0 Å². The van der Waals surface area contributed by atoms with E-state index in [9.17, 15) is 14.7 Å². The Hall–Kier alpha value is -3.67. The van der Waals surface area contributed by atoms with Crippen LogP contribution in [0.4, 0.5) is 0 Å². The maximum absolute atomic E-state index is 13.1. The Balaban J connectivity index is 1.84. The molecule has 2 N–H and O–H groups in total. The summed E-state index contributed by atoms with van der Waals surface area (Å²) in [6.07, 6.45) is 5.00. The van der Waals surface area contributed by atoms with Crippen molar-refractivity contribution < 1.29 is 19.4 Å². The summed E-state index contributed by atoms with van der Waals surface area (Å²) in [5.74, 6) is 0.0706. The van der Waals surface area contributed by atoms with E-state index in [4.69, 9.17) is 4.74 Å². The van der Waals surface area contributed by atoms with Gasteiger partial charge in [0, 0.05) is 42.1 Å². The second-order valence-corrected chi connectivity index (χ2v) is 12.0. The van der Waals surface area contributed by atoms with Crippen LogP contribution >= 0.6 is 0 Å². The molecule has 0 aromatic heterocycles. The minimum absolute atomic E-state index is 0.0833. The fraction of sp³-hybridized carbons (Fsp3) is 0.441. The lowest BCUT2D eigenvalue weighted by atomic mass is 9.72. The molecule has 0 spiro atoms. The van der Waals surface area contributed by atoms with Crippen LogP contribution < -0.4 is 10.1 Å². The van der Waals surface area contributed by atoms with Crippen molar-refractivity contribution in [3.63, 3.8) is 0 Å². The Bertz CT molecular complexity index is 1430. The summed E-state index contributed by atoms with van der Waals surface area (Å²) in [5.41, 5.74) is 6.26. The van der Waals surface area contributed by atoms with Crippen molar-refractivity contribution in [3.8, 4) is 5.75 Å². The smallest absolute Gasteiger partial charge is 0.336 e. The molecule has 2 unspecified atom stereocenters. The maximum atomic E-state index is 13.1. The number of benzene rings is 2. The zero-order valence-electron chi connectivity index (χ0n) is 25.0. The first-order valence-electron chi connectivity index (χ1n) is 14.3. The van der Waals surface area contributed by atoms with Crippen molar-refractivity contribution in [1.82, 2.24) is 5.32 Å². The fourth-order valence-corrected chi connectivity index (χ4v) is 5.39. The van der Waals surface area contributed by atoms with Crippen LogP contribution in [0.5, 0.6) is 5.75 Å². The number of fused-ring (bicyclic) bond motifs is 2. The number of aryl methyl sites for hydroxylation is 2. The third-order valence-electron chi connectivity index (χ3n) is 8.69. The quantitative estimate of drug-likeness (QED) is 0.372. The molecule has 0 radical (unpaired) electrons. The van der Waals surface area contributed by atoms with Crippen LogP contribution in [0, 0.1) is 24.2 Å². The molecule has 2 aliphatic rings. The normalized spacial score (nSPS) is 19.4. The zero-order valence-corrected chi connectivity index (χ0v) is 25.0. The number of carbonyl (C=O) groups is 2. The second kappa shape index (κ2) is 11.4. The summed E-state index contributed by atoms with van der Waals surface area (Å²) in [6.45, 7) is 17.9. The van der Waals surface area contributed by atoms with Crippen molar-refractivity contribution in [3.05, 3.63) is 87.2 Å². The number of allylic oxidation sites excluding steroid dienone is 3. The van der Waals surface area contributed by atoms with Gasteiger partial charge in [-0.3, -0.25) is 9.79 Å². The highest BCUT2D eigenvalue weighted by Crippen LogP contribution is 2.49. The van der Waals surface area contributed by atoms with Crippen LogP contribution in [-0.2, 0) is 6.42 Å². The highest BCUT2D eigenvalue weighted by atomic mass is 16.5. The molecule has 0 saturated carbocycles. The van der Waals surface area contributed by atoms with Gasteiger partial charge in [-0.1, -0.05) is 52.8 Å². The van der Waals surface area contributed by atoms with Gasteiger partial charge in [0.25, 0.3) is 5.91 Å². The summed E-state index contributed by atoms with van der Waals surface area (Å²) in [5, 5.41) is 13.4. The average Bonchev–Trinajstić information content (AvgIpc) is 2.90. The van der Waals surface area contributed by atoms with Crippen LogP contribution in [0.3, 0.4) is 0 Å². The average molecular weight is 543 g/mol. The van der Waals surface area contributed by atoms with Crippen LogP contribution in [0.15, 0.2) is 58.8 Å². The maximum Gasteiger partial charge on any atom is 0.336 e. The summed E-state index contributed by atoms with van der Waals surface area (Å²) in [7, 11) is 0. The third-order valence-corrected chi connectivity index (χ3v) is 8.69. The number of hydrogen-bond acceptors (Lipinski definition) is 4. The lowest BCUT2D eigenvalue weighted by Crippen LogP contribution is -2.37. The van der Waals surface area contributed by atoms with Crippen molar-refractivity contribution in [2.45, 2.75) is 67.7 Å². The number of nitrogens with one attached hydrogen (secondary N) is 1. The summed E-state index contributed by atoms with van der Waals surface area (Å²) < 4.78 is 6.48. The van der Waals surface area contributed by atoms with Crippen molar-refractivity contribution in [2.75, 3.05) is 13.1 Å². The minimum Gasteiger partial charge on any atom is -0.478 e. The topological polar surface area (TPSA) is 88.0 Å². The zero-order chi connectivity index (χ0) is 29.4. The van der Waals surface area contributed by atoms with Gasteiger partial charge in [-0.2, -0.15) is 0 Å². The fourth-order valence-electron chi connectivity index (χ4n) is 5.39. The number of aromatic carboxylic acids is 1. The lowest BCUT2D eigenvalue weighted by molar-refractivity contribution is 0.0695. The number of hydrogen-bond donors (Lipinski definition) is 2. The summed E-state index contributed by atoms with van der Waals surface area (Å²) in [6, 6.07) is 9.29. The molecule has 40 heavy (non-hydrogen) atoms. The van der Waals surface area contributed by atoms with E-state index in [1.54, 1.807) is 6.07 Å². The van der Waals surface area contributed by atoms with Gasteiger partial charge in [0.15, 0.2) is 0 Å². The molecular formula is C34H42N2O4. The minimum atomic E-state index is -1.06. The van der Waals surface area contributed by atoms with E-state index < -0.39 is 5.97 Å². The molecule has 6 nitrogen and oxygen atoms in total. The van der Waals surface area contributed by atoms with Gasteiger partial charge in [0.05, 0.1) is 11.3 Å². The molecule has 0 saturated heterocycles. The number of nitrogens with zero attached hydrogens (tertiary/aromatic N) is 1. The highest BCUT2D eigenvalue weighted by Gasteiger charge is 2.39. The first-order valence-corrected chi connectivity index (χ1v) is 14.3. The van der Waals surface area contributed by atoms with Crippen molar-refractivity contribution >= 4 is 17.6 Å². The van der Waals surface area contributed by atoms with Gasteiger partial charge in [-0.25, -0.2) is 4.79 Å². The monoisotopic (exact) mass is 542 g/mol. The molecule has 1 aliphatic heterocycles. The molecule has 0 fully saturated rings. The molecule has 1 amide bonds. The summed E-state index contributed by atoms with van der Waals surface area (Å²) >= 11 is 0. The standard InChI is InChI=1S/C34H42N2O4/c1-9-22-16-29-26(13-20(22)5)31(27-14-21(6)28(35-10-2)17-30(27)40-29)24-12-11-23(15-25(24)33(38)39)32(37)36-18-34(7,8)19(3)4/h11-17,19,27,31H,9-10,18H2,1-8H3,(H,36,37)(H,38,39). The Morgan fingerprint density at radius 3 is 2.45 bits per heavy atom. The molecule has 2 atom stereocenters. The Labute approximate surface area is 238 Å². The van der Waals surface area contributed by atoms with E-state index >= 15 is 0 Å². The number of carbonyl (C=O) groups excluding carboxylic acids is 1. The molecule has 1 heterocycles. The predicted octanol–water partition coefficient (Wildman–Crippen LogP) is 7.11. The van der Waals surface area contributed by atoms with E-state index in [0.29, 0.717) is 30.1 Å². The van der Waals surface area contributed by atoms with Crippen molar-refractivity contribution in [2.24, 2.45) is 22.2 Å². The molecule has 2 aromatic rings. The third kappa shape index (κ3) is 5.63. The summed E-state index contributed by atoms with van der Waals surface area (Å²) in [4.78, 5) is 30.4. The van der Waals surface area contributed by atoms with Crippen molar-refractivity contribution in [1.29, 1.82) is 0 Å². The first-order chi connectivity index (χ1) is 18.9. The van der Waals surface area contributed by atoms with E-state index in [-0.39, 0.29) is 28.7 Å². The lowest BCUT2D eigenvalue weighted by Gasteiger charge is -2.37. The number of carboxylic acids is 1. The van der Waals surface area contributed by atoms with Crippen LogP contribution in [0.25, 0.3) is 0 Å². The number of ether oxygens (including phenoxy) is 1. The molecular weight excluding hydrogens is 500 g/mol. The molecule has 4 rings (SSSR count). The second-order valence-electron chi connectivity index (χ2n) is 12.0. The van der Waals surface area contributed by atoms with Gasteiger partial charge in [-0.05, 0) is 79.0 Å². The highest BCUT2D eigenvalue weighted by molar-refractivity contribution is 6.09. The Morgan fingerprint density at radius 2 is 1.82 bits per heavy atom. The van der Waals surface area contributed by atoms with E-state index in [1.165, 1.54) is 11.6 Å². The molecule has 212 valence electrons. The van der Waals surface area contributed by atoms with Gasteiger partial charge in [0.2, 0.25) is 0 Å². The van der Waals surface area contributed by atoms with Gasteiger partial charge >= 0.3 is 5.97 Å². The number of amides is 1. The van der Waals surface area contributed by atoms with E-state index in [2.05, 4.69) is 70.1 Å². The van der Waals surface area contributed by atoms with Crippen LogP contribution in [0.1, 0.15) is 97.4 Å². The SMILES string of the molecule is CCN=C1C=C2Oc3cc(CC)c(C)cc3C(c3ccc(C(=O)NCC(C)(C)C(C)C)cc3C(=O)O)C2C=C1C. The van der Waals surface area contributed by atoms with E-state index in [1.807, 2.05) is 26.0 Å². The molecule has 2 aromatic carbocycles. The Morgan fingerprint density at radius 1 is 1.10 bits per heavy atom. The number of rotatable bonds is 8. The van der Waals surface area contributed by atoms with E-state index in [0.717, 1.165) is 40.3 Å². The molecule has 6 heteroatoms. The number of carboxylic acid groups (broad SMARTS) is 1. The first kappa shape index (κ1) is 29.3. The largest absolute Gasteiger partial charge is 0.478 e. The number of aliphatic imine (C=N–C) groups is 1. The van der Waals surface area contributed by atoms with Gasteiger partial charge < -0.3 is 15.2 Å². The van der Waals surface area contributed by atoms with Crippen LogP contribution in [0.2, 0.25) is 0 Å². The molecule has 1 aliphatic carbocycles.